The fourth-order valence-corrected chi connectivity index (χ4v) is 1.04. The Morgan fingerprint density at radius 2 is 1.94 bits per heavy atom. The molecule has 0 amide bonds. The Morgan fingerprint density at radius 3 is 2.38 bits per heavy atom. The molecule has 1 aromatic rings. The van der Waals surface area contributed by atoms with Gasteiger partial charge in [-0.05, 0) is 31.2 Å². The van der Waals surface area contributed by atoms with Gasteiger partial charge in [-0.1, -0.05) is 0 Å². The fourth-order valence-electron chi connectivity index (χ4n) is 1.04. The van der Waals surface area contributed by atoms with E-state index in [1.54, 1.807) is 24.3 Å². The summed E-state index contributed by atoms with van der Waals surface area (Å²) in [4.78, 5) is 21.4. The first kappa shape index (κ1) is 12.2. The summed E-state index contributed by atoms with van der Waals surface area (Å²) in [5, 5.41) is 8.53. The summed E-state index contributed by atoms with van der Waals surface area (Å²) in [6, 6.07) is 5.39. The maximum absolute atomic E-state index is 11.0. The van der Waals surface area contributed by atoms with E-state index in [4.69, 9.17) is 15.6 Å². The van der Waals surface area contributed by atoms with Gasteiger partial charge in [-0.25, -0.2) is 0 Å². The Hall–Kier alpha value is -1.88. The fraction of sp³-hybridized carbons (Fsp3) is 0.273. The van der Waals surface area contributed by atoms with Crippen molar-refractivity contribution in [1.29, 1.82) is 0 Å². The van der Waals surface area contributed by atoms with Crippen LogP contribution < -0.4 is 10.5 Å². The maximum Gasteiger partial charge on any atom is 0.324 e. The van der Waals surface area contributed by atoms with E-state index in [-0.39, 0.29) is 12.4 Å². The van der Waals surface area contributed by atoms with Crippen molar-refractivity contribution in [3.05, 3.63) is 29.8 Å². The van der Waals surface area contributed by atoms with Crippen LogP contribution in [0.5, 0.6) is 5.75 Å². The molecule has 16 heavy (non-hydrogen) atoms. The van der Waals surface area contributed by atoms with Crippen molar-refractivity contribution in [2.24, 2.45) is 5.73 Å². The number of benzene rings is 1. The molecule has 0 fully saturated rings. The molecule has 0 aliphatic carbocycles. The normalized spacial score (nSPS) is 11.9. The Morgan fingerprint density at radius 1 is 1.38 bits per heavy atom. The second-order valence-corrected chi connectivity index (χ2v) is 3.34. The number of carbonyl (C=O) groups excluding carboxylic acids is 1. The Bertz CT molecular complexity index is 385. The van der Waals surface area contributed by atoms with Crippen LogP contribution in [-0.4, -0.2) is 29.5 Å². The summed E-state index contributed by atoms with van der Waals surface area (Å²) in [5.41, 5.74) is 5.84. The highest BCUT2D eigenvalue weighted by molar-refractivity contribution is 5.94. The average Bonchev–Trinajstić information content (AvgIpc) is 2.26. The number of carbonyl (C=O) groups is 2. The predicted molar refractivity (Wildman–Crippen MR) is 57.6 cm³/mol. The molecule has 0 heterocycles. The molecule has 5 heteroatoms. The molecule has 3 N–H and O–H groups in total. The zero-order valence-electron chi connectivity index (χ0n) is 8.84. The lowest BCUT2D eigenvalue weighted by atomic mass is 10.1. The van der Waals surface area contributed by atoms with Gasteiger partial charge >= 0.3 is 5.97 Å². The molecular weight excluding hydrogens is 210 g/mol. The number of aliphatic carboxylic acids is 1. The molecule has 1 rings (SSSR count). The van der Waals surface area contributed by atoms with Crippen LogP contribution in [-0.2, 0) is 4.79 Å². The van der Waals surface area contributed by atoms with Crippen LogP contribution in [0, 0.1) is 0 Å². The van der Waals surface area contributed by atoms with Gasteiger partial charge in [0.25, 0.3) is 0 Å². The molecule has 86 valence electrons. The number of rotatable bonds is 5. The zero-order valence-corrected chi connectivity index (χ0v) is 8.84. The van der Waals surface area contributed by atoms with Crippen LogP contribution in [0.2, 0.25) is 0 Å². The molecule has 0 spiro atoms. The third-order valence-electron chi connectivity index (χ3n) is 2.01. The lowest BCUT2D eigenvalue weighted by molar-refractivity contribution is -0.139. The van der Waals surface area contributed by atoms with Crippen LogP contribution in [0.3, 0.4) is 0 Å². The second kappa shape index (κ2) is 5.27. The van der Waals surface area contributed by atoms with Crippen molar-refractivity contribution in [2.45, 2.75) is 13.0 Å². The van der Waals surface area contributed by atoms with E-state index in [9.17, 15) is 9.59 Å². The molecule has 1 aromatic carbocycles. The molecule has 0 saturated heterocycles. The predicted octanol–water partition coefficient (Wildman–Crippen LogP) is 0.680. The number of ether oxygens (including phenoxy) is 1. The topological polar surface area (TPSA) is 89.6 Å². The van der Waals surface area contributed by atoms with E-state index < -0.39 is 12.0 Å². The quantitative estimate of drug-likeness (QED) is 0.716. The van der Waals surface area contributed by atoms with Gasteiger partial charge in [0.15, 0.2) is 5.78 Å². The highest BCUT2D eigenvalue weighted by Gasteiger charge is 2.11. The summed E-state index contributed by atoms with van der Waals surface area (Å²) in [6.07, 6.45) is 0. The van der Waals surface area contributed by atoms with E-state index in [0.29, 0.717) is 11.3 Å². The van der Waals surface area contributed by atoms with Gasteiger partial charge in [0.1, 0.15) is 18.4 Å². The Labute approximate surface area is 92.8 Å². The minimum atomic E-state index is -1.11. The number of carboxylic acid groups (broad SMARTS) is 1. The van der Waals surface area contributed by atoms with Crippen molar-refractivity contribution in [1.82, 2.24) is 0 Å². The first-order chi connectivity index (χ1) is 7.50. The zero-order chi connectivity index (χ0) is 12.1. The minimum Gasteiger partial charge on any atom is -0.491 e. The van der Waals surface area contributed by atoms with Gasteiger partial charge in [0.05, 0.1) is 0 Å². The summed E-state index contributed by atoms with van der Waals surface area (Å²) in [7, 11) is 0. The Balaban J connectivity index is 2.56. The molecule has 0 bridgehead atoms. The smallest absolute Gasteiger partial charge is 0.324 e. The third kappa shape index (κ3) is 3.36. The van der Waals surface area contributed by atoms with Crippen LogP contribution in [0.4, 0.5) is 0 Å². The van der Waals surface area contributed by atoms with Gasteiger partial charge in [0, 0.05) is 5.56 Å². The molecule has 0 aliphatic heterocycles. The second-order valence-electron chi connectivity index (χ2n) is 3.34. The van der Waals surface area contributed by atoms with Gasteiger partial charge in [0.2, 0.25) is 0 Å². The number of nitrogens with two attached hydrogens (primary N) is 1. The van der Waals surface area contributed by atoms with Gasteiger partial charge in [-0.2, -0.15) is 0 Å². The van der Waals surface area contributed by atoms with E-state index in [0.717, 1.165) is 0 Å². The highest BCUT2D eigenvalue weighted by atomic mass is 16.5. The average molecular weight is 223 g/mol. The summed E-state index contributed by atoms with van der Waals surface area (Å²) in [6.45, 7) is 1.37. The minimum absolute atomic E-state index is 0.0335. The number of Topliss-reactive ketones (excluding diaryl/α,β-unsaturated/α-hetero) is 1. The van der Waals surface area contributed by atoms with E-state index in [1.165, 1.54) is 6.92 Å². The van der Waals surface area contributed by atoms with Crippen molar-refractivity contribution in [3.8, 4) is 5.75 Å². The van der Waals surface area contributed by atoms with E-state index in [1.807, 2.05) is 0 Å². The van der Waals surface area contributed by atoms with Gasteiger partial charge in [-0.3, -0.25) is 9.59 Å². The first-order valence-corrected chi connectivity index (χ1v) is 4.73. The van der Waals surface area contributed by atoms with E-state index in [2.05, 4.69) is 0 Å². The van der Waals surface area contributed by atoms with Crippen LogP contribution in [0.25, 0.3) is 0 Å². The summed E-state index contributed by atoms with van der Waals surface area (Å²) < 4.78 is 5.15. The highest BCUT2D eigenvalue weighted by Crippen LogP contribution is 2.12. The molecule has 0 aromatic heterocycles. The maximum atomic E-state index is 11.0. The molecular formula is C11H13NO4. The van der Waals surface area contributed by atoms with Gasteiger partial charge < -0.3 is 15.6 Å². The standard InChI is InChI=1S/C11H13NO4/c1-7(13)8-2-4-9(5-3-8)16-6-10(12)11(14)15/h2-5,10H,6,12H2,1H3,(H,14,15)/t10-/m0/s1. The van der Waals surface area contributed by atoms with Crippen LogP contribution in [0.1, 0.15) is 17.3 Å². The third-order valence-corrected chi connectivity index (χ3v) is 2.01. The monoisotopic (exact) mass is 223 g/mol. The van der Waals surface area contributed by atoms with E-state index >= 15 is 0 Å². The van der Waals surface area contributed by atoms with Crippen molar-refractivity contribution in [2.75, 3.05) is 6.61 Å². The van der Waals surface area contributed by atoms with Crippen LogP contribution in [0.15, 0.2) is 24.3 Å². The summed E-state index contributed by atoms with van der Waals surface area (Å²) >= 11 is 0. The lowest BCUT2D eigenvalue weighted by Crippen LogP contribution is -2.36. The van der Waals surface area contributed by atoms with Crippen molar-refractivity contribution in [3.63, 3.8) is 0 Å². The number of ketones is 1. The van der Waals surface area contributed by atoms with Crippen molar-refractivity contribution < 1.29 is 19.4 Å². The van der Waals surface area contributed by atoms with Crippen LogP contribution >= 0.6 is 0 Å². The molecule has 0 saturated carbocycles. The lowest BCUT2D eigenvalue weighted by Gasteiger charge is -2.09. The number of carboxylic acids is 1. The SMILES string of the molecule is CC(=O)c1ccc(OC[C@H](N)C(=O)O)cc1. The number of hydrogen-bond acceptors (Lipinski definition) is 4. The number of hydrogen-bond donors (Lipinski definition) is 2. The van der Waals surface area contributed by atoms with Gasteiger partial charge in [-0.15, -0.1) is 0 Å². The molecule has 0 radical (unpaired) electrons. The largest absolute Gasteiger partial charge is 0.491 e. The molecule has 1 atom stereocenters. The molecule has 5 nitrogen and oxygen atoms in total. The molecule has 0 aliphatic rings. The summed E-state index contributed by atoms with van der Waals surface area (Å²) in [5.74, 6) is -0.657. The first-order valence-electron chi connectivity index (χ1n) is 4.73. The Kier molecular flexibility index (Phi) is 4.02. The molecule has 0 unspecified atom stereocenters. The van der Waals surface area contributed by atoms with Crippen molar-refractivity contribution >= 4 is 11.8 Å².